The fourth-order valence-electron chi connectivity index (χ4n) is 1.58. The Morgan fingerprint density at radius 1 is 1.47 bits per heavy atom. The van der Waals surface area contributed by atoms with Crippen LogP contribution < -0.4 is 4.74 Å². The highest BCUT2D eigenvalue weighted by atomic mass is 16.6. The van der Waals surface area contributed by atoms with Crippen LogP contribution in [-0.4, -0.2) is 30.0 Å². The van der Waals surface area contributed by atoms with E-state index in [0.29, 0.717) is 19.0 Å². The van der Waals surface area contributed by atoms with Crippen molar-refractivity contribution < 1.29 is 19.2 Å². The zero-order valence-corrected chi connectivity index (χ0v) is 11.2. The van der Waals surface area contributed by atoms with Crippen LogP contribution in [-0.2, 0) is 4.74 Å². The van der Waals surface area contributed by atoms with E-state index in [0.717, 1.165) is 0 Å². The van der Waals surface area contributed by atoms with Crippen LogP contribution in [0.25, 0.3) is 0 Å². The molecule has 1 atom stereocenters. The molecule has 1 rings (SSSR count). The van der Waals surface area contributed by atoms with Crippen LogP contribution >= 0.6 is 0 Å². The predicted molar refractivity (Wildman–Crippen MR) is 69.7 cm³/mol. The smallest absolute Gasteiger partial charge is 0.283 e. The average Bonchev–Trinajstić information content (AvgIpc) is 2.35. The molecule has 0 aliphatic heterocycles. The van der Waals surface area contributed by atoms with Crippen LogP contribution in [0.1, 0.15) is 31.1 Å². The van der Waals surface area contributed by atoms with Gasteiger partial charge in [0.25, 0.3) is 5.69 Å². The van der Waals surface area contributed by atoms with Crippen LogP contribution in [0, 0.1) is 10.1 Å². The second kappa shape index (κ2) is 6.84. The molecular weight excluding hydrogens is 250 g/mol. The summed E-state index contributed by atoms with van der Waals surface area (Å²) in [4.78, 5) is 21.6. The molecule has 0 fully saturated rings. The second-order valence-electron chi connectivity index (χ2n) is 4.08. The highest BCUT2D eigenvalue weighted by molar-refractivity contribution is 5.98. The summed E-state index contributed by atoms with van der Waals surface area (Å²) in [5, 5.41) is 10.9. The Morgan fingerprint density at radius 2 is 2.16 bits per heavy atom. The number of Topliss-reactive ketones (excluding diaryl/α,β-unsaturated/α-hetero) is 1. The van der Waals surface area contributed by atoms with Crippen molar-refractivity contribution in [2.45, 2.75) is 26.9 Å². The van der Waals surface area contributed by atoms with Gasteiger partial charge >= 0.3 is 0 Å². The summed E-state index contributed by atoms with van der Waals surface area (Å²) in [6, 6.07) is 4.22. The molecule has 19 heavy (non-hydrogen) atoms. The van der Waals surface area contributed by atoms with Crippen LogP contribution in [0.5, 0.6) is 5.75 Å². The molecule has 0 N–H and O–H groups in total. The number of benzene rings is 1. The maximum absolute atomic E-state index is 11.3. The number of carbonyl (C=O) groups is 1. The fraction of sp³-hybridized carbons (Fsp3) is 0.462. The molecule has 6 heteroatoms. The van der Waals surface area contributed by atoms with Crippen LogP contribution in [0.4, 0.5) is 5.69 Å². The summed E-state index contributed by atoms with van der Waals surface area (Å²) in [6.07, 6.45) is -0.220. The Bertz CT molecular complexity index is 472. The summed E-state index contributed by atoms with van der Waals surface area (Å²) in [5.41, 5.74) is -0.163. The van der Waals surface area contributed by atoms with Gasteiger partial charge in [-0.05, 0) is 32.9 Å². The molecule has 6 nitrogen and oxygen atoms in total. The summed E-state index contributed by atoms with van der Waals surface area (Å²) in [5.74, 6) is 0.00418. The third-order valence-corrected chi connectivity index (χ3v) is 2.44. The topological polar surface area (TPSA) is 78.7 Å². The second-order valence-corrected chi connectivity index (χ2v) is 4.08. The van der Waals surface area contributed by atoms with Crippen molar-refractivity contribution in [3.05, 3.63) is 33.9 Å². The number of nitro benzene ring substituents is 1. The monoisotopic (exact) mass is 267 g/mol. The molecule has 104 valence electrons. The SMILES string of the molecule is CCOCC(C)Oc1ccc(C(C)=O)c([N+](=O)[O-])c1. The maximum atomic E-state index is 11.3. The summed E-state index contributed by atoms with van der Waals surface area (Å²) in [7, 11) is 0. The van der Waals surface area contributed by atoms with Gasteiger partial charge in [-0.25, -0.2) is 0 Å². The molecule has 0 saturated heterocycles. The zero-order chi connectivity index (χ0) is 14.4. The molecule has 0 aliphatic rings. The molecule has 0 aromatic heterocycles. The van der Waals surface area contributed by atoms with Gasteiger partial charge in [-0.1, -0.05) is 0 Å². The van der Waals surface area contributed by atoms with Gasteiger partial charge in [-0.15, -0.1) is 0 Å². The predicted octanol–water partition coefficient (Wildman–Crippen LogP) is 2.60. The summed E-state index contributed by atoms with van der Waals surface area (Å²) in [6.45, 7) is 5.95. The van der Waals surface area contributed by atoms with E-state index in [2.05, 4.69) is 0 Å². The Morgan fingerprint density at radius 3 is 2.68 bits per heavy atom. The lowest BCUT2D eigenvalue weighted by Crippen LogP contribution is -2.19. The minimum atomic E-state index is -0.587. The number of carbonyl (C=O) groups excluding carboxylic acids is 1. The quantitative estimate of drug-likeness (QED) is 0.431. The van der Waals surface area contributed by atoms with Crippen LogP contribution in [0.15, 0.2) is 18.2 Å². The Hall–Kier alpha value is -1.95. The van der Waals surface area contributed by atoms with E-state index in [1.54, 1.807) is 13.0 Å². The van der Waals surface area contributed by atoms with Crippen molar-refractivity contribution in [1.29, 1.82) is 0 Å². The first-order chi connectivity index (χ1) is 8.95. The van der Waals surface area contributed by atoms with E-state index in [1.807, 2.05) is 6.92 Å². The lowest BCUT2D eigenvalue weighted by molar-refractivity contribution is -0.385. The molecule has 0 spiro atoms. The molecular formula is C13H17NO5. The van der Waals surface area contributed by atoms with Gasteiger partial charge in [-0.2, -0.15) is 0 Å². The van der Waals surface area contributed by atoms with Gasteiger partial charge in [0.2, 0.25) is 0 Å². The molecule has 1 unspecified atom stereocenters. The van der Waals surface area contributed by atoms with Gasteiger partial charge in [0.05, 0.1) is 23.2 Å². The van der Waals surface area contributed by atoms with E-state index < -0.39 is 4.92 Å². The average molecular weight is 267 g/mol. The van der Waals surface area contributed by atoms with E-state index in [9.17, 15) is 14.9 Å². The Kier molecular flexibility index (Phi) is 5.44. The van der Waals surface area contributed by atoms with Crippen molar-refractivity contribution in [1.82, 2.24) is 0 Å². The van der Waals surface area contributed by atoms with Gasteiger partial charge in [0.1, 0.15) is 11.9 Å². The van der Waals surface area contributed by atoms with Gasteiger partial charge in [-0.3, -0.25) is 14.9 Å². The van der Waals surface area contributed by atoms with Gasteiger partial charge in [0.15, 0.2) is 5.78 Å². The van der Waals surface area contributed by atoms with Crippen molar-refractivity contribution in [3.8, 4) is 5.75 Å². The van der Waals surface area contributed by atoms with Crippen LogP contribution in [0.2, 0.25) is 0 Å². The van der Waals surface area contributed by atoms with E-state index in [4.69, 9.17) is 9.47 Å². The normalized spacial score (nSPS) is 11.9. The molecule has 0 aliphatic carbocycles. The summed E-state index contributed by atoms with van der Waals surface area (Å²) < 4.78 is 10.7. The molecule has 1 aromatic carbocycles. The Labute approximate surface area is 111 Å². The number of nitrogens with zero attached hydrogens (tertiary/aromatic N) is 1. The summed E-state index contributed by atoms with van der Waals surface area (Å²) >= 11 is 0. The highest BCUT2D eigenvalue weighted by Gasteiger charge is 2.19. The standard InChI is InChI=1S/C13H17NO5/c1-4-18-8-9(2)19-11-5-6-12(10(3)15)13(7-11)14(16)17/h5-7,9H,4,8H2,1-3H3. The van der Waals surface area contributed by atoms with E-state index >= 15 is 0 Å². The first-order valence-corrected chi connectivity index (χ1v) is 5.99. The molecule has 1 aromatic rings. The van der Waals surface area contributed by atoms with Crippen molar-refractivity contribution in [3.63, 3.8) is 0 Å². The highest BCUT2D eigenvalue weighted by Crippen LogP contribution is 2.25. The number of hydrogen-bond acceptors (Lipinski definition) is 5. The third kappa shape index (κ3) is 4.33. The molecule has 0 amide bonds. The van der Waals surface area contributed by atoms with Crippen molar-refractivity contribution >= 4 is 11.5 Å². The number of ether oxygens (including phenoxy) is 2. The van der Waals surface area contributed by atoms with E-state index in [1.165, 1.54) is 19.1 Å². The van der Waals surface area contributed by atoms with Crippen LogP contribution in [0.3, 0.4) is 0 Å². The van der Waals surface area contributed by atoms with Crippen molar-refractivity contribution in [2.24, 2.45) is 0 Å². The van der Waals surface area contributed by atoms with Crippen molar-refractivity contribution in [2.75, 3.05) is 13.2 Å². The number of ketones is 1. The minimum Gasteiger partial charge on any atom is -0.488 e. The fourth-order valence-corrected chi connectivity index (χ4v) is 1.58. The molecule has 0 radical (unpaired) electrons. The number of nitro groups is 1. The number of rotatable bonds is 7. The largest absolute Gasteiger partial charge is 0.488 e. The van der Waals surface area contributed by atoms with Gasteiger partial charge < -0.3 is 9.47 Å². The molecule has 0 heterocycles. The molecule has 0 saturated carbocycles. The first-order valence-electron chi connectivity index (χ1n) is 5.99. The minimum absolute atomic E-state index is 0.0785. The molecule has 0 bridgehead atoms. The Balaban J connectivity index is 2.90. The first kappa shape index (κ1) is 15.1. The van der Waals surface area contributed by atoms with E-state index in [-0.39, 0.29) is 23.1 Å². The maximum Gasteiger partial charge on any atom is 0.283 e. The lowest BCUT2D eigenvalue weighted by Gasteiger charge is -2.14. The third-order valence-electron chi connectivity index (χ3n) is 2.44. The van der Waals surface area contributed by atoms with Gasteiger partial charge in [0, 0.05) is 6.61 Å². The number of hydrogen-bond donors (Lipinski definition) is 0. The lowest BCUT2D eigenvalue weighted by atomic mass is 10.1. The zero-order valence-electron chi connectivity index (χ0n) is 11.2.